The lowest BCUT2D eigenvalue weighted by Crippen LogP contribution is -2.11. The summed E-state index contributed by atoms with van der Waals surface area (Å²) in [5.74, 6) is -0.391. The van der Waals surface area contributed by atoms with Crippen LogP contribution in [0.25, 0.3) is 11.4 Å². The van der Waals surface area contributed by atoms with E-state index in [-0.39, 0.29) is 5.69 Å². The first-order valence-electron chi connectivity index (χ1n) is 5.56. The van der Waals surface area contributed by atoms with Gasteiger partial charge in [-0.05, 0) is 18.2 Å². The van der Waals surface area contributed by atoms with Crippen LogP contribution in [-0.4, -0.2) is 15.1 Å². The van der Waals surface area contributed by atoms with E-state index < -0.39 is 41.5 Å². The van der Waals surface area contributed by atoms with Crippen molar-refractivity contribution in [3.05, 3.63) is 41.2 Å². The van der Waals surface area contributed by atoms with E-state index in [4.69, 9.17) is 5.11 Å². The molecule has 0 aliphatic carbocycles. The molecule has 1 aromatic carbocycles. The minimum absolute atomic E-state index is 0.0931. The van der Waals surface area contributed by atoms with Crippen LogP contribution in [0, 0.1) is 0 Å². The standard InChI is InChI=1S/C12H8F6N2O/c13-11(14,15)6-1-2-9(12(16,17)18)8(3-6)10-19-4-7(5-21)20-10/h1-4,21H,5H2,(H,19,20). The molecule has 0 aliphatic heterocycles. The summed E-state index contributed by atoms with van der Waals surface area (Å²) < 4.78 is 76.5. The molecule has 3 nitrogen and oxygen atoms in total. The number of imidazole rings is 1. The first kappa shape index (κ1) is 15.4. The van der Waals surface area contributed by atoms with E-state index in [2.05, 4.69) is 9.97 Å². The maximum absolute atomic E-state index is 12.9. The molecule has 2 N–H and O–H groups in total. The van der Waals surface area contributed by atoms with E-state index in [9.17, 15) is 26.3 Å². The van der Waals surface area contributed by atoms with Gasteiger partial charge in [0.05, 0.1) is 29.6 Å². The number of rotatable bonds is 2. The molecule has 114 valence electrons. The van der Waals surface area contributed by atoms with Crippen LogP contribution in [0.5, 0.6) is 0 Å². The number of halogens is 6. The van der Waals surface area contributed by atoms with Crippen molar-refractivity contribution in [3.63, 3.8) is 0 Å². The Morgan fingerprint density at radius 3 is 2.19 bits per heavy atom. The molecule has 0 amide bonds. The van der Waals surface area contributed by atoms with Crippen molar-refractivity contribution in [3.8, 4) is 11.4 Å². The second kappa shape index (κ2) is 5.06. The van der Waals surface area contributed by atoms with Gasteiger partial charge in [0.2, 0.25) is 0 Å². The number of alkyl halides is 6. The van der Waals surface area contributed by atoms with Gasteiger partial charge in [0.25, 0.3) is 0 Å². The predicted molar refractivity (Wildman–Crippen MR) is 60.0 cm³/mol. The molecule has 0 radical (unpaired) electrons. The molecular weight excluding hydrogens is 302 g/mol. The Bertz CT molecular complexity index is 644. The second-order valence-corrected chi connectivity index (χ2v) is 4.17. The van der Waals surface area contributed by atoms with Crippen molar-refractivity contribution >= 4 is 0 Å². The number of aliphatic hydroxyl groups excluding tert-OH is 1. The van der Waals surface area contributed by atoms with E-state index in [1.807, 2.05) is 0 Å². The van der Waals surface area contributed by atoms with Crippen molar-refractivity contribution < 1.29 is 31.4 Å². The average molecular weight is 310 g/mol. The SMILES string of the molecule is OCc1cnc(-c2cc(C(F)(F)F)ccc2C(F)(F)F)[nH]1. The Balaban J connectivity index is 2.64. The lowest BCUT2D eigenvalue weighted by atomic mass is 10.0. The van der Waals surface area contributed by atoms with Crippen LogP contribution < -0.4 is 0 Å². The van der Waals surface area contributed by atoms with Gasteiger partial charge in [-0.1, -0.05) is 0 Å². The number of nitrogens with zero attached hydrogens (tertiary/aromatic N) is 1. The Kier molecular flexibility index (Phi) is 3.70. The van der Waals surface area contributed by atoms with Gasteiger partial charge in [-0.15, -0.1) is 0 Å². The summed E-state index contributed by atoms with van der Waals surface area (Å²) in [6, 6.07) is 1.10. The zero-order valence-electron chi connectivity index (χ0n) is 10.2. The molecule has 0 saturated carbocycles. The molecule has 9 heteroatoms. The molecule has 0 spiro atoms. The molecule has 0 bridgehead atoms. The predicted octanol–water partition coefficient (Wildman–Crippen LogP) is 3.61. The molecule has 0 fully saturated rings. The summed E-state index contributed by atoms with van der Waals surface area (Å²) >= 11 is 0. The van der Waals surface area contributed by atoms with Gasteiger partial charge in [-0.2, -0.15) is 26.3 Å². The average Bonchev–Trinajstić information content (AvgIpc) is 2.84. The zero-order valence-corrected chi connectivity index (χ0v) is 10.2. The summed E-state index contributed by atoms with van der Waals surface area (Å²) in [6.07, 6.45) is -8.55. The molecule has 1 aromatic heterocycles. The molecule has 2 rings (SSSR count). The molecule has 0 saturated heterocycles. The minimum atomic E-state index is -4.83. The number of nitrogens with one attached hydrogen (secondary N) is 1. The third kappa shape index (κ3) is 3.18. The van der Waals surface area contributed by atoms with Crippen molar-refractivity contribution in [1.82, 2.24) is 9.97 Å². The third-order valence-electron chi connectivity index (χ3n) is 2.71. The van der Waals surface area contributed by atoms with Gasteiger partial charge in [0, 0.05) is 5.56 Å². The summed E-state index contributed by atoms with van der Waals surface area (Å²) in [5.41, 5.74) is -3.09. The quantitative estimate of drug-likeness (QED) is 0.833. The normalized spacial score (nSPS) is 12.7. The molecule has 0 atom stereocenters. The van der Waals surface area contributed by atoms with Crippen molar-refractivity contribution in [1.29, 1.82) is 0 Å². The Morgan fingerprint density at radius 2 is 1.71 bits per heavy atom. The smallest absolute Gasteiger partial charge is 0.390 e. The number of aliphatic hydroxyl groups is 1. The molecule has 1 heterocycles. The molecule has 21 heavy (non-hydrogen) atoms. The van der Waals surface area contributed by atoms with Crippen molar-refractivity contribution in [2.45, 2.75) is 19.0 Å². The largest absolute Gasteiger partial charge is 0.417 e. The van der Waals surface area contributed by atoms with Crippen LogP contribution in [0.2, 0.25) is 0 Å². The van der Waals surface area contributed by atoms with Crippen molar-refractivity contribution in [2.75, 3.05) is 0 Å². The Labute approximate surface area is 114 Å². The number of aromatic amines is 1. The fourth-order valence-electron chi connectivity index (χ4n) is 1.74. The Hall–Kier alpha value is -2.03. The monoisotopic (exact) mass is 310 g/mol. The van der Waals surface area contributed by atoms with E-state index in [1.54, 1.807) is 0 Å². The molecular formula is C12H8F6N2O. The Morgan fingerprint density at radius 1 is 1.05 bits per heavy atom. The number of hydrogen-bond acceptors (Lipinski definition) is 2. The van der Waals surface area contributed by atoms with Gasteiger partial charge in [-0.3, -0.25) is 0 Å². The number of aromatic nitrogens is 2. The second-order valence-electron chi connectivity index (χ2n) is 4.17. The summed E-state index contributed by atoms with van der Waals surface area (Å²) in [5, 5.41) is 8.84. The van der Waals surface area contributed by atoms with Crippen LogP contribution >= 0.6 is 0 Å². The van der Waals surface area contributed by atoms with E-state index in [1.165, 1.54) is 0 Å². The third-order valence-corrected chi connectivity index (χ3v) is 2.71. The number of H-pyrrole nitrogens is 1. The highest BCUT2D eigenvalue weighted by Crippen LogP contribution is 2.39. The summed E-state index contributed by atoms with van der Waals surface area (Å²) in [7, 11) is 0. The highest BCUT2D eigenvalue weighted by atomic mass is 19.4. The topological polar surface area (TPSA) is 48.9 Å². The first-order chi connectivity index (χ1) is 9.63. The molecule has 0 aliphatic rings. The van der Waals surface area contributed by atoms with E-state index in [0.29, 0.717) is 18.2 Å². The summed E-state index contributed by atoms with van der Waals surface area (Å²) in [6.45, 7) is -0.521. The number of hydrogen-bond donors (Lipinski definition) is 2. The van der Waals surface area contributed by atoms with Gasteiger partial charge in [-0.25, -0.2) is 4.98 Å². The maximum atomic E-state index is 12.9. The maximum Gasteiger partial charge on any atom is 0.417 e. The van der Waals surface area contributed by atoms with Crippen LogP contribution in [0.15, 0.2) is 24.4 Å². The van der Waals surface area contributed by atoms with Gasteiger partial charge >= 0.3 is 12.4 Å². The van der Waals surface area contributed by atoms with E-state index >= 15 is 0 Å². The highest BCUT2D eigenvalue weighted by molar-refractivity contribution is 5.63. The zero-order chi connectivity index (χ0) is 15.8. The van der Waals surface area contributed by atoms with Gasteiger partial charge in [0.1, 0.15) is 5.82 Å². The lowest BCUT2D eigenvalue weighted by molar-refractivity contribution is -0.141. The summed E-state index contributed by atoms with van der Waals surface area (Å²) in [4.78, 5) is 5.91. The van der Waals surface area contributed by atoms with Crippen molar-refractivity contribution in [2.24, 2.45) is 0 Å². The van der Waals surface area contributed by atoms with E-state index in [0.717, 1.165) is 6.20 Å². The van der Waals surface area contributed by atoms with Crippen LogP contribution in [0.1, 0.15) is 16.8 Å². The van der Waals surface area contributed by atoms with Crippen LogP contribution in [0.4, 0.5) is 26.3 Å². The van der Waals surface area contributed by atoms with Crippen LogP contribution in [-0.2, 0) is 19.0 Å². The molecule has 2 aromatic rings. The first-order valence-corrected chi connectivity index (χ1v) is 5.56. The van der Waals surface area contributed by atoms with Gasteiger partial charge in [0.15, 0.2) is 0 Å². The minimum Gasteiger partial charge on any atom is -0.390 e. The van der Waals surface area contributed by atoms with Gasteiger partial charge < -0.3 is 10.1 Å². The highest BCUT2D eigenvalue weighted by Gasteiger charge is 2.37. The van der Waals surface area contributed by atoms with Crippen LogP contribution in [0.3, 0.4) is 0 Å². The number of benzene rings is 1. The fraction of sp³-hybridized carbons (Fsp3) is 0.250. The molecule has 0 unspecified atom stereocenters. The fourth-order valence-corrected chi connectivity index (χ4v) is 1.74. The lowest BCUT2D eigenvalue weighted by Gasteiger charge is -2.14.